The lowest BCUT2D eigenvalue weighted by Gasteiger charge is -2.17. The molecule has 1 aromatic carbocycles. The van der Waals surface area contributed by atoms with Gasteiger partial charge in [-0.3, -0.25) is 9.36 Å². The van der Waals surface area contributed by atoms with Crippen LogP contribution in [0, 0.1) is 0 Å². The third-order valence-electron chi connectivity index (χ3n) is 5.03. The topological polar surface area (TPSA) is 149 Å². The minimum Gasteiger partial charge on any atom is -0.394 e. The zero-order valence-corrected chi connectivity index (χ0v) is 15.1. The standard InChI is InChI=1S/C18H21N5O5/c1-2-9-5-3-4-6-10(9)23-16(27)12-15(21-18(23)19)22(8-20-12)17-14(26)13(25)11(7-24)28-17/h3-6,8,11,13-14,17,24-26H,2,7H2,1H3,(H2,19,21)/t11-,13?,14?,17-/m1/s1. The van der Waals surface area contributed by atoms with E-state index in [-0.39, 0.29) is 17.1 Å². The fraction of sp³-hybridized carbons (Fsp3) is 0.389. The van der Waals surface area contributed by atoms with Gasteiger partial charge in [0, 0.05) is 0 Å². The molecule has 0 radical (unpaired) electrons. The van der Waals surface area contributed by atoms with Crippen molar-refractivity contribution in [3.63, 3.8) is 0 Å². The highest BCUT2D eigenvalue weighted by atomic mass is 16.6. The second kappa shape index (κ2) is 6.99. The molecule has 3 heterocycles. The summed E-state index contributed by atoms with van der Waals surface area (Å²) >= 11 is 0. The predicted octanol–water partition coefficient (Wildman–Crippen LogP) is -0.662. The van der Waals surface area contributed by atoms with Crippen LogP contribution in [0.1, 0.15) is 18.7 Å². The Morgan fingerprint density at radius 3 is 2.68 bits per heavy atom. The van der Waals surface area contributed by atoms with Gasteiger partial charge in [0.1, 0.15) is 18.3 Å². The van der Waals surface area contributed by atoms with E-state index in [1.807, 2.05) is 25.1 Å². The highest BCUT2D eigenvalue weighted by Gasteiger charge is 2.44. The maximum absolute atomic E-state index is 13.1. The zero-order valence-electron chi connectivity index (χ0n) is 15.1. The lowest BCUT2D eigenvalue weighted by Crippen LogP contribution is -2.33. The molecule has 0 spiro atoms. The number of benzene rings is 1. The van der Waals surface area contributed by atoms with Gasteiger partial charge in [0.15, 0.2) is 17.4 Å². The van der Waals surface area contributed by atoms with E-state index in [1.165, 1.54) is 15.5 Å². The lowest BCUT2D eigenvalue weighted by molar-refractivity contribution is -0.0511. The van der Waals surface area contributed by atoms with Crippen LogP contribution < -0.4 is 11.3 Å². The third-order valence-corrected chi connectivity index (χ3v) is 5.03. The van der Waals surface area contributed by atoms with Gasteiger partial charge in [-0.1, -0.05) is 25.1 Å². The van der Waals surface area contributed by atoms with Crippen LogP contribution in [0.25, 0.3) is 16.9 Å². The first-order valence-electron chi connectivity index (χ1n) is 8.93. The summed E-state index contributed by atoms with van der Waals surface area (Å²) in [5, 5.41) is 29.5. The summed E-state index contributed by atoms with van der Waals surface area (Å²) in [5.74, 6) is -0.0353. The molecule has 0 aliphatic carbocycles. The van der Waals surface area contributed by atoms with Crippen LogP contribution in [-0.4, -0.2) is 59.3 Å². The number of fused-ring (bicyclic) bond motifs is 1. The van der Waals surface area contributed by atoms with E-state index in [0.717, 1.165) is 5.56 Å². The maximum Gasteiger partial charge on any atom is 0.287 e. The quantitative estimate of drug-likeness (QED) is 0.461. The highest BCUT2D eigenvalue weighted by molar-refractivity contribution is 5.72. The number of aryl methyl sites for hydroxylation is 1. The number of aromatic nitrogens is 4. The molecule has 148 valence electrons. The number of nitrogens with zero attached hydrogens (tertiary/aromatic N) is 4. The molecule has 1 saturated heterocycles. The molecule has 1 aliphatic heterocycles. The van der Waals surface area contributed by atoms with Gasteiger partial charge in [-0.15, -0.1) is 0 Å². The summed E-state index contributed by atoms with van der Waals surface area (Å²) in [6.07, 6.45) is -2.59. The molecule has 10 nitrogen and oxygen atoms in total. The number of para-hydroxylation sites is 1. The number of nitrogen functional groups attached to an aromatic ring is 1. The predicted molar refractivity (Wildman–Crippen MR) is 99.9 cm³/mol. The average Bonchev–Trinajstić information content (AvgIpc) is 3.23. The van der Waals surface area contributed by atoms with E-state index >= 15 is 0 Å². The number of ether oxygens (including phenoxy) is 1. The SMILES string of the molecule is CCc1ccccc1-n1c(N)nc2c(ncn2[C@@H]2O[C@H](CO)C(O)C2O)c1=O. The highest BCUT2D eigenvalue weighted by Crippen LogP contribution is 2.31. The molecular weight excluding hydrogens is 366 g/mol. The summed E-state index contributed by atoms with van der Waals surface area (Å²) in [7, 11) is 0. The van der Waals surface area contributed by atoms with Gasteiger partial charge < -0.3 is 25.8 Å². The normalized spacial score (nSPS) is 24.9. The van der Waals surface area contributed by atoms with E-state index in [2.05, 4.69) is 9.97 Å². The number of anilines is 1. The van der Waals surface area contributed by atoms with Crippen LogP contribution in [0.15, 0.2) is 35.4 Å². The Morgan fingerprint density at radius 1 is 1.25 bits per heavy atom. The Bertz CT molecular complexity index is 1080. The van der Waals surface area contributed by atoms with Crippen molar-refractivity contribution in [3.05, 3.63) is 46.5 Å². The number of hydrogen-bond donors (Lipinski definition) is 4. The van der Waals surface area contributed by atoms with Gasteiger partial charge in [-0.05, 0) is 18.1 Å². The van der Waals surface area contributed by atoms with Crippen LogP contribution in [-0.2, 0) is 11.2 Å². The van der Waals surface area contributed by atoms with Crippen molar-refractivity contribution in [1.29, 1.82) is 0 Å². The third kappa shape index (κ3) is 2.69. The summed E-state index contributed by atoms with van der Waals surface area (Å²) in [5.41, 5.74) is 7.39. The smallest absolute Gasteiger partial charge is 0.287 e. The van der Waals surface area contributed by atoms with E-state index in [9.17, 15) is 20.1 Å². The summed E-state index contributed by atoms with van der Waals surface area (Å²) < 4.78 is 8.14. The Kier molecular flexibility index (Phi) is 4.63. The zero-order chi connectivity index (χ0) is 20.0. The van der Waals surface area contributed by atoms with E-state index in [1.54, 1.807) is 6.07 Å². The van der Waals surface area contributed by atoms with Crippen LogP contribution in [0.5, 0.6) is 0 Å². The molecule has 4 rings (SSSR count). The van der Waals surface area contributed by atoms with Crippen molar-refractivity contribution >= 4 is 17.1 Å². The monoisotopic (exact) mass is 387 g/mol. The van der Waals surface area contributed by atoms with Crippen molar-refractivity contribution < 1.29 is 20.1 Å². The second-order valence-electron chi connectivity index (χ2n) is 6.65. The van der Waals surface area contributed by atoms with E-state index in [4.69, 9.17) is 10.5 Å². The van der Waals surface area contributed by atoms with Gasteiger partial charge in [0.2, 0.25) is 5.95 Å². The fourth-order valence-corrected chi connectivity index (χ4v) is 3.54. The molecule has 0 bridgehead atoms. The first kappa shape index (κ1) is 18.6. The molecule has 2 unspecified atom stereocenters. The number of rotatable bonds is 4. The van der Waals surface area contributed by atoms with Crippen molar-refractivity contribution in [2.75, 3.05) is 12.3 Å². The van der Waals surface area contributed by atoms with Gasteiger partial charge in [0.25, 0.3) is 5.56 Å². The maximum atomic E-state index is 13.1. The minimum atomic E-state index is -1.32. The van der Waals surface area contributed by atoms with Crippen LogP contribution >= 0.6 is 0 Å². The number of aliphatic hydroxyl groups excluding tert-OH is 3. The summed E-state index contributed by atoms with van der Waals surface area (Å²) in [4.78, 5) is 21.5. The molecule has 2 aromatic heterocycles. The van der Waals surface area contributed by atoms with Crippen LogP contribution in [0.3, 0.4) is 0 Å². The summed E-state index contributed by atoms with van der Waals surface area (Å²) in [6.45, 7) is 1.51. The number of hydrogen-bond acceptors (Lipinski definition) is 8. The molecule has 3 aromatic rings. The molecule has 1 fully saturated rings. The van der Waals surface area contributed by atoms with Gasteiger partial charge >= 0.3 is 0 Å². The summed E-state index contributed by atoms with van der Waals surface area (Å²) in [6, 6.07) is 7.38. The molecule has 10 heteroatoms. The van der Waals surface area contributed by atoms with Crippen molar-refractivity contribution in [2.24, 2.45) is 0 Å². The van der Waals surface area contributed by atoms with Gasteiger partial charge in [-0.25, -0.2) is 9.55 Å². The van der Waals surface area contributed by atoms with Crippen LogP contribution in [0.2, 0.25) is 0 Å². The lowest BCUT2D eigenvalue weighted by atomic mass is 10.1. The van der Waals surface area contributed by atoms with Gasteiger partial charge in [0.05, 0.1) is 18.6 Å². The average molecular weight is 387 g/mol. The Morgan fingerprint density at radius 2 is 2.00 bits per heavy atom. The molecule has 4 atom stereocenters. The second-order valence-corrected chi connectivity index (χ2v) is 6.65. The fourth-order valence-electron chi connectivity index (χ4n) is 3.54. The van der Waals surface area contributed by atoms with Crippen LogP contribution in [0.4, 0.5) is 5.95 Å². The number of aliphatic hydroxyl groups is 3. The molecule has 5 N–H and O–H groups in total. The Hall–Kier alpha value is -2.79. The first-order valence-corrected chi connectivity index (χ1v) is 8.93. The molecule has 28 heavy (non-hydrogen) atoms. The molecule has 0 amide bonds. The number of imidazole rings is 1. The number of nitrogens with two attached hydrogens (primary N) is 1. The molecule has 0 saturated carbocycles. The van der Waals surface area contributed by atoms with E-state index in [0.29, 0.717) is 12.1 Å². The Balaban J connectivity index is 1.87. The van der Waals surface area contributed by atoms with Crippen molar-refractivity contribution in [2.45, 2.75) is 37.9 Å². The Labute approximate surface area is 159 Å². The van der Waals surface area contributed by atoms with Crippen molar-refractivity contribution in [1.82, 2.24) is 19.1 Å². The molecular formula is C18H21N5O5. The van der Waals surface area contributed by atoms with Crippen molar-refractivity contribution in [3.8, 4) is 5.69 Å². The first-order chi connectivity index (χ1) is 13.5. The molecule has 1 aliphatic rings. The van der Waals surface area contributed by atoms with Gasteiger partial charge in [-0.2, -0.15) is 4.98 Å². The minimum absolute atomic E-state index is 0.0353. The van der Waals surface area contributed by atoms with E-state index < -0.39 is 36.7 Å². The largest absolute Gasteiger partial charge is 0.394 e.